The summed E-state index contributed by atoms with van der Waals surface area (Å²) in [7, 11) is 0. The number of morpholine rings is 1. The molecular weight excluding hydrogens is 376 g/mol. The maximum absolute atomic E-state index is 12.6. The number of hydrogen-bond acceptors (Lipinski definition) is 6. The lowest BCUT2D eigenvalue weighted by atomic mass is 10.1. The normalized spacial score (nSPS) is 21.0. The molecule has 2 aliphatic heterocycles. The fraction of sp³-hybridized carbons (Fsp3) is 0.550. The van der Waals surface area contributed by atoms with Crippen LogP contribution < -0.4 is 5.32 Å². The molecule has 150 valence electrons. The number of nitrogens with zero attached hydrogens (tertiary/aromatic N) is 3. The Kier molecular flexibility index (Phi) is 5.61. The summed E-state index contributed by atoms with van der Waals surface area (Å²) < 4.78 is 6.46. The van der Waals surface area contributed by atoms with Gasteiger partial charge in [0.05, 0.1) is 29.3 Å². The second-order valence-electron chi connectivity index (χ2n) is 7.74. The Morgan fingerprint density at radius 2 is 2.14 bits per heavy atom. The van der Waals surface area contributed by atoms with Crippen molar-refractivity contribution in [3.8, 4) is 0 Å². The van der Waals surface area contributed by atoms with Gasteiger partial charge in [0.25, 0.3) is 0 Å². The molecule has 0 spiro atoms. The van der Waals surface area contributed by atoms with Gasteiger partial charge in [-0.05, 0) is 31.5 Å². The van der Waals surface area contributed by atoms with Gasteiger partial charge in [0.2, 0.25) is 11.8 Å². The van der Waals surface area contributed by atoms with Crippen molar-refractivity contribution in [2.75, 3.05) is 38.2 Å². The number of nitrogens with one attached hydrogen (secondary N) is 1. The number of carbonyl (C=O) groups excluding carboxylic acids is 2. The molecule has 2 amide bonds. The lowest BCUT2D eigenvalue weighted by Gasteiger charge is -2.26. The minimum atomic E-state index is -0.307. The van der Waals surface area contributed by atoms with E-state index < -0.39 is 0 Å². The monoisotopic (exact) mass is 402 g/mol. The number of aromatic nitrogens is 1. The number of benzene rings is 1. The zero-order valence-electron chi connectivity index (χ0n) is 16.3. The standard InChI is InChI=1S/C20H26N4O3S/c1-13(2)24-12-15(10-18(24)25)19(26)22-20-21-16-4-3-14(9-17(16)28-20)11-23-5-7-27-8-6-23/h3-4,9,13,15H,5-8,10-12H2,1-2H3,(H,21,22,26). The number of thiazole rings is 1. The first-order chi connectivity index (χ1) is 13.5. The third-order valence-electron chi connectivity index (χ3n) is 5.35. The fourth-order valence-electron chi connectivity index (χ4n) is 3.75. The number of hydrogen-bond donors (Lipinski definition) is 1. The van der Waals surface area contributed by atoms with E-state index in [1.54, 1.807) is 4.90 Å². The largest absolute Gasteiger partial charge is 0.379 e. The van der Waals surface area contributed by atoms with Crippen molar-refractivity contribution >= 4 is 38.5 Å². The Bertz CT molecular complexity index is 875. The van der Waals surface area contributed by atoms with E-state index in [1.165, 1.54) is 16.9 Å². The first-order valence-corrected chi connectivity index (χ1v) is 10.6. The second kappa shape index (κ2) is 8.14. The van der Waals surface area contributed by atoms with Gasteiger partial charge in [-0.2, -0.15) is 0 Å². The molecule has 1 unspecified atom stereocenters. The molecule has 0 radical (unpaired) electrons. The Morgan fingerprint density at radius 1 is 1.36 bits per heavy atom. The molecule has 2 fully saturated rings. The molecule has 7 nitrogen and oxygen atoms in total. The van der Waals surface area contributed by atoms with Gasteiger partial charge in [-0.1, -0.05) is 17.4 Å². The van der Waals surface area contributed by atoms with Crippen LogP contribution in [0.4, 0.5) is 5.13 Å². The summed E-state index contributed by atoms with van der Waals surface area (Å²) in [6.07, 6.45) is 0.276. The summed E-state index contributed by atoms with van der Waals surface area (Å²) in [6, 6.07) is 6.38. The average molecular weight is 403 g/mol. The summed E-state index contributed by atoms with van der Waals surface area (Å²) in [4.78, 5) is 33.3. The van der Waals surface area contributed by atoms with Crippen LogP contribution in [0.2, 0.25) is 0 Å². The first kappa shape index (κ1) is 19.3. The van der Waals surface area contributed by atoms with E-state index in [1.807, 2.05) is 19.9 Å². The lowest BCUT2D eigenvalue weighted by molar-refractivity contribution is -0.129. The SMILES string of the molecule is CC(C)N1CC(C(=O)Nc2nc3ccc(CN4CCOCC4)cc3s2)CC1=O. The summed E-state index contributed by atoms with van der Waals surface area (Å²) in [6.45, 7) is 8.81. The van der Waals surface area contributed by atoms with Crippen LogP contribution in [0.5, 0.6) is 0 Å². The molecule has 1 atom stereocenters. The van der Waals surface area contributed by atoms with Gasteiger partial charge in [-0.25, -0.2) is 4.98 Å². The minimum absolute atomic E-state index is 0.0483. The molecule has 0 saturated carbocycles. The van der Waals surface area contributed by atoms with Crippen molar-refractivity contribution in [1.29, 1.82) is 0 Å². The number of amides is 2. The van der Waals surface area contributed by atoms with E-state index in [0.29, 0.717) is 11.7 Å². The topological polar surface area (TPSA) is 74.8 Å². The van der Waals surface area contributed by atoms with Gasteiger partial charge in [0.15, 0.2) is 5.13 Å². The Morgan fingerprint density at radius 3 is 2.86 bits per heavy atom. The number of fused-ring (bicyclic) bond motifs is 1. The van der Waals surface area contributed by atoms with Crippen LogP contribution >= 0.6 is 11.3 Å². The Labute approximate surface area is 168 Å². The first-order valence-electron chi connectivity index (χ1n) is 9.79. The van der Waals surface area contributed by atoms with E-state index in [4.69, 9.17) is 4.74 Å². The van der Waals surface area contributed by atoms with Crippen LogP contribution in [0, 0.1) is 5.92 Å². The Balaban J connectivity index is 1.41. The number of anilines is 1. The maximum atomic E-state index is 12.6. The molecule has 2 saturated heterocycles. The van der Waals surface area contributed by atoms with Crippen LogP contribution in [0.1, 0.15) is 25.8 Å². The van der Waals surface area contributed by atoms with Gasteiger partial charge in [-0.3, -0.25) is 14.5 Å². The summed E-state index contributed by atoms with van der Waals surface area (Å²) >= 11 is 1.48. The van der Waals surface area contributed by atoms with E-state index >= 15 is 0 Å². The van der Waals surface area contributed by atoms with Crippen LogP contribution in [-0.2, 0) is 20.9 Å². The highest BCUT2D eigenvalue weighted by Gasteiger charge is 2.35. The summed E-state index contributed by atoms with van der Waals surface area (Å²) in [5.41, 5.74) is 2.13. The van der Waals surface area contributed by atoms with Crippen LogP contribution in [-0.4, -0.2) is 65.5 Å². The molecule has 3 heterocycles. The van der Waals surface area contributed by atoms with Crippen molar-refractivity contribution in [1.82, 2.24) is 14.8 Å². The van der Waals surface area contributed by atoms with Gasteiger partial charge in [-0.15, -0.1) is 0 Å². The highest BCUT2D eigenvalue weighted by atomic mass is 32.1. The molecule has 28 heavy (non-hydrogen) atoms. The number of ether oxygens (including phenoxy) is 1. The molecule has 1 aromatic carbocycles. The maximum Gasteiger partial charge on any atom is 0.231 e. The van der Waals surface area contributed by atoms with Crippen molar-refractivity contribution in [3.63, 3.8) is 0 Å². The van der Waals surface area contributed by atoms with Crippen LogP contribution in [0.15, 0.2) is 18.2 Å². The fourth-order valence-corrected chi connectivity index (χ4v) is 4.68. The lowest BCUT2D eigenvalue weighted by Crippen LogP contribution is -2.35. The number of rotatable bonds is 5. The smallest absolute Gasteiger partial charge is 0.231 e. The molecule has 1 N–H and O–H groups in total. The second-order valence-corrected chi connectivity index (χ2v) is 8.77. The minimum Gasteiger partial charge on any atom is -0.379 e. The molecular formula is C20H26N4O3S. The van der Waals surface area contributed by atoms with Gasteiger partial charge < -0.3 is 15.0 Å². The predicted molar refractivity (Wildman–Crippen MR) is 109 cm³/mol. The molecule has 0 aliphatic carbocycles. The predicted octanol–water partition coefficient (Wildman–Crippen LogP) is 2.32. The van der Waals surface area contributed by atoms with Crippen molar-refractivity contribution in [2.24, 2.45) is 5.92 Å². The van der Waals surface area contributed by atoms with Crippen molar-refractivity contribution in [2.45, 2.75) is 32.9 Å². The third kappa shape index (κ3) is 4.19. The van der Waals surface area contributed by atoms with Crippen LogP contribution in [0.25, 0.3) is 10.2 Å². The molecule has 1 aromatic heterocycles. The van der Waals surface area contributed by atoms with E-state index in [0.717, 1.165) is 43.1 Å². The molecule has 4 rings (SSSR count). The molecule has 2 aliphatic rings. The van der Waals surface area contributed by atoms with E-state index in [9.17, 15) is 9.59 Å². The van der Waals surface area contributed by atoms with Crippen LogP contribution in [0.3, 0.4) is 0 Å². The summed E-state index contributed by atoms with van der Waals surface area (Å²) in [5.74, 6) is -0.380. The van der Waals surface area contributed by atoms with Gasteiger partial charge in [0, 0.05) is 38.6 Å². The van der Waals surface area contributed by atoms with Crippen molar-refractivity contribution < 1.29 is 14.3 Å². The molecule has 8 heteroatoms. The van der Waals surface area contributed by atoms with Gasteiger partial charge >= 0.3 is 0 Å². The number of likely N-dealkylation sites (tertiary alicyclic amines) is 1. The quantitative estimate of drug-likeness (QED) is 0.831. The zero-order chi connectivity index (χ0) is 19.7. The average Bonchev–Trinajstić information content (AvgIpc) is 3.25. The highest BCUT2D eigenvalue weighted by molar-refractivity contribution is 7.22. The van der Waals surface area contributed by atoms with E-state index in [2.05, 4.69) is 27.3 Å². The summed E-state index contributed by atoms with van der Waals surface area (Å²) in [5, 5.41) is 3.51. The molecule has 0 bridgehead atoms. The van der Waals surface area contributed by atoms with E-state index in [-0.39, 0.29) is 30.2 Å². The van der Waals surface area contributed by atoms with Gasteiger partial charge in [0.1, 0.15) is 0 Å². The zero-order valence-corrected chi connectivity index (χ0v) is 17.1. The highest BCUT2D eigenvalue weighted by Crippen LogP contribution is 2.29. The Hall–Kier alpha value is -2.03. The van der Waals surface area contributed by atoms with Crippen molar-refractivity contribution in [3.05, 3.63) is 23.8 Å². The number of carbonyl (C=O) groups is 2. The third-order valence-corrected chi connectivity index (χ3v) is 6.28. The molecule has 2 aromatic rings.